The Morgan fingerprint density at radius 1 is 1.06 bits per heavy atom. The number of rotatable bonds is 3. The molecule has 18 heavy (non-hydrogen) atoms. The third-order valence-corrected chi connectivity index (χ3v) is 4.96. The first kappa shape index (κ1) is 13.4. The maximum atomic E-state index is 12.2. The van der Waals surface area contributed by atoms with Crippen molar-refractivity contribution in [2.24, 2.45) is 23.7 Å². The summed E-state index contributed by atoms with van der Waals surface area (Å²) in [7, 11) is 0. The van der Waals surface area contributed by atoms with Gasteiger partial charge in [0.25, 0.3) is 0 Å². The van der Waals surface area contributed by atoms with Crippen molar-refractivity contribution in [3.05, 3.63) is 0 Å². The van der Waals surface area contributed by atoms with Gasteiger partial charge in [-0.3, -0.25) is 9.59 Å². The molecule has 1 amide bonds. The lowest BCUT2D eigenvalue weighted by molar-refractivity contribution is -0.146. The first-order valence-electron chi connectivity index (χ1n) is 7.04. The first-order valence-corrected chi connectivity index (χ1v) is 7.04. The molecular weight excluding hydrogens is 230 g/mol. The predicted molar refractivity (Wildman–Crippen MR) is 68.0 cm³/mol. The fraction of sp³-hybridized carbons (Fsp3) is 0.857. The van der Waals surface area contributed by atoms with E-state index in [0.717, 1.165) is 25.7 Å². The van der Waals surface area contributed by atoms with Gasteiger partial charge in [0, 0.05) is 6.04 Å². The molecule has 2 N–H and O–H groups in total. The van der Waals surface area contributed by atoms with Crippen molar-refractivity contribution in [3.63, 3.8) is 0 Å². The van der Waals surface area contributed by atoms with Crippen LogP contribution in [0.4, 0.5) is 0 Å². The Labute approximate surface area is 108 Å². The van der Waals surface area contributed by atoms with Crippen LogP contribution >= 0.6 is 0 Å². The summed E-state index contributed by atoms with van der Waals surface area (Å²) in [4.78, 5) is 23.3. The van der Waals surface area contributed by atoms with Crippen molar-refractivity contribution in [1.82, 2.24) is 5.32 Å². The lowest BCUT2D eigenvalue weighted by Crippen LogP contribution is -2.42. The first-order chi connectivity index (χ1) is 8.50. The summed E-state index contributed by atoms with van der Waals surface area (Å²) in [5, 5.41) is 12.2. The van der Waals surface area contributed by atoms with Crippen LogP contribution in [0, 0.1) is 23.7 Å². The van der Waals surface area contributed by atoms with Crippen molar-refractivity contribution in [2.45, 2.75) is 52.0 Å². The zero-order valence-electron chi connectivity index (χ0n) is 11.2. The topological polar surface area (TPSA) is 66.4 Å². The maximum absolute atomic E-state index is 12.2. The van der Waals surface area contributed by atoms with Gasteiger partial charge in [0.2, 0.25) is 5.91 Å². The van der Waals surface area contributed by atoms with Gasteiger partial charge in [-0.2, -0.15) is 0 Å². The van der Waals surface area contributed by atoms with Gasteiger partial charge in [-0.15, -0.1) is 0 Å². The monoisotopic (exact) mass is 253 g/mol. The van der Waals surface area contributed by atoms with Crippen LogP contribution < -0.4 is 5.32 Å². The fourth-order valence-electron chi connectivity index (χ4n) is 3.43. The normalized spacial score (nSPS) is 39.8. The molecule has 2 aliphatic rings. The maximum Gasteiger partial charge on any atom is 0.307 e. The van der Waals surface area contributed by atoms with Gasteiger partial charge in [-0.25, -0.2) is 0 Å². The summed E-state index contributed by atoms with van der Waals surface area (Å²) in [6.07, 6.45) is 4.40. The van der Waals surface area contributed by atoms with E-state index in [0.29, 0.717) is 18.3 Å². The van der Waals surface area contributed by atoms with Crippen molar-refractivity contribution in [2.75, 3.05) is 0 Å². The molecule has 5 unspecified atom stereocenters. The second-order valence-electron chi connectivity index (χ2n) is 6.01. The van der Waals surface area contributed by atoms with Gasteiger partial charge in [0.05, 0.1) is 11.8 Å². The third-order valence-electron chi connectivity index (χ3n) is 4.96. The second-order valence-corrected chi connectivity index (χ2v) is 6.01. The molecule has 0 radical (unpaired) electrons. The largest absolute Gasteiger partial charge is 0.481 e. The quantitative estimate of drug-likeness (QED) is 0.809. The summed E-state index contributed by atoms with van der Waals surface area (Å²) in [6.45, 7) is 4.39. The number of carboxylic acids is 1. The van der Waals surface area contributed by atoms with Crippen molar-refractivity contribution < 1.29 is 14.7 Å². The number of carbonyl (C=O) groups excluding carboxylic acids is 1. The van der Waals surface area contributed by atoms with Crippen molar-refractivity contribution in [1.29, 1.82) is 0 Å². The summed E-state index contributed by atoms with van der Waals surface area (Å²) in [5.74, 6) is -0.496. The Morgan fingerprint density at radius 3 is 2.28 bits per heavy atom. The molecule has 2 fully saturated rings. The predicted octanol–water partition coefficient (Wildman–Crippen LogP) is 2.04. The molecule has 0 aliphatic heterocycles. The molecule has 4 nitrogen and oxygen atoms in total. The number of nitrogens with one attached hydrogen (secondary N) is 1. The highest BCUT2D eigenvalue weighted by molar-refractivity contribution is 5.85. The average molecular weight is 253 g/mol. The molecule has 0 saturated heterocycles. The van der Waals surface area contributed by atoms with Gasteiger partial charge >= 0.3 is 5.97 Å². The lowest BCUT2D eigenvalue weighted by atomic mass is 9.93. The second kappa shape index (κ2) is 5.29. The van der Waals surface area contributed by atoms with E-state index in [4.69, 9.17) is 5.11 Å². The van der Waals surface area contributed by atoms with Crippen LogP contribution in [0.3, 0.4) is 0 Å². The van der Waals surface area contributed by atoms with Crippen LogP contribution in [0.5, 0.6) is 0 Å². The number of hydrogen-bond donors (Lipinski definition) is 2. The highest BCUT2D eigenvalue weighted by atomic mass is 16.4. The number of amides is 1. The van der Waals surface area contributed by atoms with Crippen LogP contribution in [0.25, 0.3) is 0 Å². The third kappa shape index (κ3) is 2.52. The molecule has 0 heterocycles. The van der Waals surface area contributed by atoms with Gasteiger partial charge in [-0.05, 0) is 37.5 Å². The molecule has 2 aliphatic carbocycles. The SMILES string of the molecule is CC1CCC(NC(=O)C2CCCC2C(=O)O)C1C. The highest BCUT2D eigenvalue weighted by Gasteiger charge is 2.39. The summed E-state index contributed by atoms with van der Waals surface area (Å²) in [5.41, 5.74) is 0. The van der Waals surface area contributed by atoms with E-state index in [2.05, 4.69) is 19.2 Å². The zero-order chi connectivity index (χ0) is 13.3. The highest BCUT2D eigenvalue weighted by Crippen LogP contribution is 2.34. The smallest absolute Gasteiger partial charge is 0.307 e. The minimum atomic E-state index is -0.819. The van der Waals surface area contributed by atoms with Crippen LogP contribution in [0.1, 0.15) is 46.0 Å². The van der Waals surface area contributed by atoms with E-state index in [-0.39, 0.29) is 17.9 Å². The van der Waals surface area contributed by atoms with Crippen LogP contribution in [-0.2, 0) is 9.59 Å². The molecule has 0 aromatic heterocycles. The molecule has 0 aromatic carbocycles. The number of aliphatic carboxylic acids is 1. The number of carbonyl (C=O) groups is 2. The van der Waals surface area contributed by atoms with Crippen LogP contribution in [-0.4, -0.2) is 23.0 Å². The Bertz CT molecular complexity index is 342. The molecule has 0 aromatic rings. The minimum absolute atomic E-state index is 0.0362. The van der Waals surface area contributed by atoms with E-state index in [1.807, 2.05) is 0 Å². The van der Waals surface area contributed by atoms with Gasteiger partial charge < -0.3 is 10.4 Å². The molecule has 4 heteroatoms. The number of carboxylic acid groups (broad SMARTS) is 1. The van der Waals surface area contributed by atoms with E-state index in [9.17, 15) is 9.59 Å². The van der Waals surface area contributed by atoms with Crippen LogP contribution in [0.15, 0.2) is 0 Å². The molecule has 5 atom stereocenters. The summed E-state index contributed by atoms with van der Waals surface area (Å²) in [6, 6.07) is 0.238. The van der Waals surface area contributed by atoms with E-state index >= 15 is 0 Å². The summed E-state index contributed by atoms with van der Waals surface area (Å²) < 4.78 is 0. The summed E-state index contributed by atoms with van der Waals surface area (Å²) >= 11 is 0. The van der Waals surface area contributed by atoms with Gasteiger partial charge in [0.15, 0.2) is 0 Å². The molecular formula is C14H23NO3. The molecule has 2 rings (SSSR count). The average Bonchev–Trinajstić information content (AvgIpc) is 2.91. The van der Waals surface area contributed by atoms with Crippen molar-refractivity contribution >= 4 is 11.9 Å². The standard InChI is InChI=1S/C14H23NO3/c1-8-6-7-12(9(8)2)15-13(16)10-4-3-5-11(10)14(17)18/h8-12H,3-7H2,1-2H3,(H,15,16)(H,17,18). The Kier molecular flexibility index (Phi) is 3.93. The molecule has 2 saturated carbocycles. The minimum Gasteiger partial charge on any atom is -0.481 e. The fourth-order valence-corrected chi connectivity index (χ4v) is 3.43. The molecule has 0 bridgehead atoms. The van der Waals surface area contributed by atoms with E-state index < -0.39 is 11.9 Å². The molecule has 102 valence electrons. The Morgan fingerprint density at radius 2 is 1.72 bits per heavy atom. The van der Waals surface area contributed by atoms with E-state index in [1.165, 1.54) is 0 Å². The lowest BCUT2D eigenvalue weighted by Gasteiger charge is -2.23. The Balaban J connectivity index is 1.94. The van der Waals surface area contributed by atoms with Crippen molar-refractivity contribution in [3.8, 4) is 0 Å². The van der Waals surface area contributed by atoms with Gasteiger partial charge in [-0.1, -0.05) is 20.3 Å². The van der Waals surface area contributed by atoms with Gasteiger partial charge in [0.1, 0.15) is 0 Å². The Hall–Kier alpha value is -1.06. The zero-order valence-corrected chi connectivity index (χ0v) is 11.2. The number of hydrogen-bond acceptors (Lipinski definition) is 2. The molecule has 0 spiro atoms. The van der Waals surface area contributed by atoms with E-state index in [1.54, 1.807) is 0 Å². The van der Waals surface area contributed by atoms with Crippen LogP contribution in [0.2, 0.25) is 0 Å².